The zero-order valence-corrected chi connectivity index (χ0v) is 9.47. The van der Waals surface area contributed by atoms with Crippen LogP contribution in [0.25, 0.3) is 11.0 Å². The quantitative estimate of drug-likeness (QED) is 0.793. The minimum Gasteiger partial charge on any atom is -0.386 e. The monoisotopic (exact) mass is 222 g/mol. The van der Waals surface area contributed by atoms with Crippen LogP contribution in [0, 0.1) is 18.8 Å². The lowest BCUT2D eigenvalue weighted by Gasteiger charge is -2.09. The van der Waals surface area contributed by atoms with Crippen molar-refractivity contribution >= 4 is 34.1 Å². The Kier molecular flexibility index (Phi) is 2.36. The highest BCUT2D eigenvalue weighted by Crippen LogP contribution is 2.37. The minimum atomic E-state index is 0.426. The molecule has 0 radical (unpaired) electrons. The Morgan fingerprint density at radius 2 is 1.80 bits per heavy atom. The molecule has 6 heteroatoms. The Morgan fingerprint density at radius 1 is 1.20 bits per heavy atom. The van der Waals surface area contributed by atoms with E-state index in [0.29, 0.717) is 5.69 Å². The van der Waals surface area contributed by atoms with Gasteiger partial charge in [0.15, 0.2) is 0 Å². The van der Waals surface area contributed by atoms with Crippen LogP contribution < -0.4 is 5.32 Å². The van der Waals surface area contributed by atoms with Crippen LogP contribution in [0.1, 0.15) is 11.1 Å². The minimum absolute atomic E-state index is 0.426. The molecule has 0 atom stereocenters. The van der Waals surface area contributed by atoms with Crippen molar-refractivity contribution in [1.29, 1.82) is 0 Å². The zero-order valence-electron chi connectivity index (χ0n) is 8.66. The molecule has 5 nitrogen and oxygen atoms in total. The highest BCUT2D eigenvalue weighted by atomic mass is 32.1. The van der Waals surface area contributed by atoms with Gasteiger partial charge in [0.1, 0.15) is 16.7 Å². The highest BCUT2D eigenvalue weighted by Gasteiger charge is 2.17. The third-order valence-electron chi connectivity index (χ3n) is 2.51. The maximum atomic E-state index is 10.8. The fourth-order valence-corrected chi connectivity index (χ4v) is 2.35. The molecule has 0 bridgehead atoms. The van der Waals surface area contributed by atoms with Gasteiger partial charge < -0.3 is 5.32 Å². The number of benzene rings is 1. The van der Waals surface area contributed by atoms with Crippen LogP contribution in [0.2, 0.25) is 0 Å². The van der Waals surface area contributed by atoms with Gasteiger partial charge >= 0.3 is 0 Å². The van der Waals surface area contributed by atoms with E-state index >= 15 is 0 Å². The van der Waals surface area contributed by atoms with Gasteiger partial charge in [-0.2, -0.15) is 8.75 Å². The smallest absolute Gasteiger partial charge is 0.136 e. The second-order valence-electron chi connectivity index (χ2n) is 3.28. The average Bonchev–Trinajstić information content (AvgIpc) is 2.72. The fraction of sp³-hybridized carbons (Fsp3) is 0.333. The molecule has 0 unspecified atom stereocenters. The number of nitroso groups, excluding NO2 is 1. The summed E-state index contributed by atoms with van der Waals surface area (Å²) in [7, 11) is 1.77. The number of aryl methyl sites for hydroxylation is 2. The van der Waals surface area contributed by atoms with Crippen LogP contribution >= 0.6 is 11.7 Å². The largest absolute Gasteiger partial charge is 0.386 e. The van der Waals surface area contributed by atoms with Gasteiger partial charge in [-0.15, -0.1) is 4.91 Å². The van der Waals surface area contributed by atoms with Crippen molar-refractivity contribution in [3.8, 4) is 0 Å². The second-order valence-corrected chi connectivity index (χ2v) is 3.80. The van der Waals surface area contributed by atoms with Crippen LogP contribution in [0.3, 0.4) is 0 Å². The lowest BCUT2D eigenvalue weighted by atomic mass is 10.1. The summed E-state index contributed by atoms with van der Waals surface area (Å²) in [5.41, 5.74) is 4.48. The molecule has 0 spiro atoms. The Hall–Kier alpha value is -1.56. The van der Waals surface area contributed by atoms with Crippen molar-refractivity contribution in [1.82, 2.24) is 8.75 Å². The normalized spacial score (nSPS) is 10.6. The van der Waals surface area contributed by atoms with Crippen molar-refractivity contribution in [2.75, 3.05) is 12.4 Å². The van der Waals surface area contributed by atoms with E-state index in [0.717, 1.165) is 39.6 Å². The molecule has 0 saturated heterocycles. The molecule has 0 saturated carbocycles. The molecule has 1 aromatic carbocycles. The van der Waals surface area contributed by atoms with Crippen molar-refractivity contribution < 1.29 is 0 Å². The summed E-state index contributed by atoms with van der Waals surface area (Å²) < 4.78 is 8.38. The van der Waals surface area contributed by atoms with E-state index in [1.54, 1.807) is 7.05 Å². The molecule has 15 heavy (non-hydrogen) atoms. The van der Waals surface area contributed by atoms with Gasteiger partial charge in [0.25, 0.3) is 0 Å². The molecule has 1 N–H and O–H groups in total. The number of nitrogens with zero attached hydrogens (tertiary/aromatic N) is 3. The predicted molar refractivity (Wildman–Crippen MR) is 61.9 cm³/mol. The maximum Gasteiger partial charge on any atom is 0.136 e. The standard InChI is InChI=1S/C9H10N4OS/c1-4-6(10-3)7(11-14)5(2)9-8(4)12-15-13-9/h10H,1-3H3. The third-order valence-corrected chi connectivity index (χ3v) is 3.04. The van der Waals surface area contributed by atoms with E-state index in [1.165, 1.54) is 0 Å². The number of hydrogen-bond donors (Lipinski definition) is 1. The Morgan fingerprint density at radius 3 is 2.33 bits per heavy atom. The molecule has 0 aliphatic rings. The van der Waals surface area contributed by atoms with Crippen molar-refractivity contribution in [3.63, 3.8) is 0 Å². The summed E-state index contributed by atoms with van der Waals surface area (Å²) in [5, 5.41) is 6.04. The summed E-state index contributed by atoms with van der Waals surface area (Å²) in [6.07, 6.45) is 0. The van der Waals surface area contributed by atoms with Crippen LogP contribution in [0.4, 0.5) is 11.4 Å². The predicted octanol–water partition coefficient (Wildman–Crippen LogP) is 2.75. The van der Waals surface area contributed by atoms with Crippen molar-refractivity contribution in [2.24, 2.45) is 5.18 Å². The van der Waals surface area contributed by atoms with E-state index in [1.807, 2.05) is 13.8 Å². The third kappa shape index (κ3) is 1.29. The molecule has 0 amide bonds. The number of anilines is 1. The van der Waals surface area contributed by atoms with E-state index in [4.69, 9.17) is 0 Å². The summed E-state index contributed by atoms with van der Waals surface area (Å²) in [5.74, 6) is 0. The van der Waals surface area contributed by atoms with Gasteiger partial charge in [0.2, 0.25) is 0 Å². The van der Waals surface area contributed by atoms with Gasteiger partial charge in [-0.1, -0.05) is 0 Å². The van der Waals surface area contributed by atoms with Crippen LogP contribution in [0.5, 0.6) is 0 Å². The molecule has 0 fully saturated rings. The first-order chi connectivity index (χ1) is 7.20. The van der Waals surface area contributed by atoms with E-state index in [-0.39, 0.29) is 0 Å². The van der Waals surface area contributed by atoms with Gasteiger partial charge in [-0.3, -0.25) is 0 Å². The lowest BCUT2D eigenvalue weighted by molar-refractivity contribution is 1.33. The van der Waals surface area contributed by atoms with E-state index in [9.17, 15) is 4.91 Å². The first kappa shape index (κ1) is 9.97. The lowest BCUT2D eigenvalue weighted by Crippen LogP contribution is -1.95. The number of aromatic nitrogens is 2. The number of rotatable bonds is 2. The molecule has 1 aromatic heterocycles. The van der Waals surface area contributed by atoms with Gasteiger partial charge in [-0.05, 0) is 19.0 Å². The van der Waals surface area contributed by atoms with Gasteiger partial charge in [-0.25, -0.2) is 0 Å². The molecule has 2 aromatic rings. The van der Waals surface area contributed by atoms with Gasteiger partial charge in [0.05, 0.1) is 17.4 Å². The number of hydrogen-bond acceptors (Lipinski definition) is 6. The maximum absolute atomic E-state index is 10.8. The van der Waals surface area contributed by atoms with Crippen molar-refractivity contribution in [2.45, 2.75) is 13.8 Å². The second kappa shape index (κ2) is 3.54. The number of fused-ring (bicyclic) bond motifs is 1. The molecule has 0 aliphatic carbocycles. The summed E-state index contributed by atoms with van der Waals surface area (Å²) in [6.45, 7) is 3.74. The Bertz CT molecular complexity index is 534. The SMILES string of the molecule is CNc1c(N=O)c(C)c2nsnc2c1C. The zero-order chi connectivity index (χ0) is 11.0. The molecule has 78 valence electrons. The molecule has 2 rings (SSSR count). The average molecular weight is 222 g/mol. The van der Waals surface area contributed by atoms with E-state index < -0.39 is 0 Å². The first-order valence-corrected chi connectivity index (χ1v) is 5.20. The molecular weight excluding hydrogens is 212 g/mol. The summed E-state index contributed by atoms with van der Waals surface area (Å²) in [6, 6.07) is 0. The Balaban J connectivity index is 2.96. The van der Waals surface area contributed by atoms with Crippen LogP contribution in [0.15, 0.2) is 5.18 Å². The van der Waals surface area contributed by atoms with E-state index in [2.05, 4.69) is 19.2 Å². The first-order valence-electron chi connectivity index (χ1n) is 4.47. The van der Waals surface area contributed by atoms with Crippen LogP contribution in [-0.2, 0) is 0 Å². The molecule has 1 heterocycles. The summed E-state index contributed by atoms with van der Waals surface area (Å²) >= 11 is 1.15. The topological polar surface area (TPSA) is 67.2 Å². The molecular formula is C9H10N4OS. The van der Waals surface area contributed by atoms with Gasteiger partial charge in [0, 0.05) is 18.2 Å². The van der Waals surface area contributed by atoms with Crippen molar-refractivity contribution in [3.05, 3.63) is 16.0 Å². The van der Waals surface area contributed by atoms with Crippen LogP contribution in [-0.4, -0.2) is 15.8 Å². The summed E-state index contributed by atoms with van der Waals surface area (Å²) in [4.78, 5) is 10.8. The fourth-order valence-electron chi connectivity index (χ4n) is 1.70. The molecule has 0 aliphatic heterocycles. The number of nitrogens with one attached hydrogen (secondary N) is 1. The highest BCUT2D eigenvalue weighted by molar-refractivity contribution is 7.00. The Labute approximate surface area is 90.8 Å².